The highest BCUT2D eigenvalue weighted by atomic mass is 32.2. The molecule has 0 bridgehead atoms. The molecule has 2 heterocycles. The number of nitrogens with zero attached hydrogens (tertiary/aromatic N) is 3. The van der Waals surface area contributed by atoms with Crippen LogP contribution in [0.15, 0.2) is 59.8 Å². The zero-order valence-corrected chi connectivity index (χ0v) is 17.4. The van der Waals surface area contributed by atoms with Crippen LogP contribution < -0.4 is 14.4 Å². The van der Waals surface area contributed by atoms with E-state index in [1.165, 1.54) is 35.3 Å². The van der Waals surface area contributed by atoms with Crippen LogP contribution in [0.1, 0.15) is 15.9 Å². The summed E-state index contributed by atoms with van der Waals surface area (Å²) in [5.41, 5.74) is -0.322. The van der Waals surface area contributed by atoms with Crippen molar-refractivity contribution >= 4 is 27.3 Å². The number of rotatable bonds is 3. The molecule has 0 unspecified atom stereocenters. The first-order valence-electron chi connectivity index (χ1n) is 9.32. The third-order valence-electron chi connectivity index (χ3n) is 4.77. The van der Waals surface area contributed by atoms with Crippen molar-refractivity contribution in [3.8, 4) is 5.75 Å². The van der Waals surface area contributed by atoms with E-state index < -0.39 is 27.7 Å². The van der Waals surface area contributed by atoms with Gasteiger partial charge >= 0.3 is 6.18 Å². The fourth-order valence-corrected chi connectivity index (χ4v) is 4.82. The first-order chi connectivity index (χ1) is 15.1. The number of aromatic nitrogens is 2. The number of benzene rings is 2. The molecule has 32 heavy (non-hydrogen) atoms. The molecule has 0 spiro atoms. The maximum absolute atomic E-state index is 13.3. The van der Waals surface area contributed by atoms with Gasteiger partial charge in [-0.1, -0.05) is 0 Å². The number of sulfonamides is 1. The molecule has 0 aliphatic carbocycles. The first kappa shape index (κ1) is 21.7. The molecular formula is C20H17F3N4O4S. The van der Waals surface area contributed by atoms with Crippen molar-refractivity contribution in [2.45, 2.75) is 11.1 Å². The SMILES string of the molecule is Cn1cc(C(=O)Nc2ccc3c(c2)S(=O)(=O)N(c2ccc(C(F)(F)F)cc2)CCO3)cn1. The molecule has 0 radical (unpaired) electrons. The summed E-state index contributed by atoms with van der Waals surface area (Å²) < 4.78 is 73.2. The molecule has 1 N–H and O–H groups in total. The van der Waals surface area contributed by atoms with Gasteiger partial charge in [0, 0.05) is 18.9 Å². The number of ether oxygens (including phenoxy) is 1. The number of hydrogen-bond donors (Lipinski definition) is 1. The highest BCUT2D eigenvalue weighted by Gasteiger charge is 2.33. The lowest BCUT2D eigenvalue weighted by atomic mass is 10.2. The summed E-state index contributed by atoms with van der Waals surface area (Å²) in [5.74, 6) is -0.400. The molecule has 1 amide bonds. The molecule has 3 aromatic rings. The number of amides is 1. The number of hydrogen-bond acceptors (Lipinski definition) is 5. The molecule has 0 atom stereocenters. The molecule has 4 rings (SSSR count). The standard InChI is InChI=1S/C20H17F3N4O4S/c1-26-12-13(11-24-26)19(28)25-15-4-7-17-18(10-15)32(29,30)27(8-9-31-17)16-5-2-14(3-6-16)20(21,22)23/h2-7,10-12H,8-9H2,1H3,(H,25,28). The Morgan fingerprint density at radius 3 is 2.50 bits per heavy atom. The predicted octanol–water partition coefficient (Wildman–Crippen LogP) is 3.28. The molecule has 12 heteroatoms. The average Bonchev–Trinajstić information content (AvgIpc) is 3.12. The summed E-state index contributed by atoms with van der Waals surface area (Å²) >= 11 is 0. The van der Waals surface area contributed by atoms with Crippen LogP contribution in [0.5, 0.6) is 5.75 Å². The van der Waals surface area contributed by atoms with Gasteiger partial charge in [0.05, 0.1) is 29.6 Å². The van der Waals surface area contributed by atoms with Gasteiger partial charge in [-0.25, -0.2) is 8.42 Å². The summed E-state index contributed by atoms with van der Waals surface area (Å²) in [5, 5.41) is 6.52. The molecule has 1 aliphatic rings. The number of fused-ring (bicyclic) bond motifs is 1. The largest absolute Gasteiger partial charge is 0.490 e. The summed E-state index contributed by atoms with van der Waals surface area (Å²) in [6.45, 7) is -0.103. The second-order valence-electron chi connectivity index (χ2n) is 6.99. The highest BCUT2D eigenvalue weighted by Crippen LogP contribution is 2.36. The van der Waals surface area contributed by atoms with E-state index in [1.807, 2.05) is 0 Å². The minimum atomic E-state index is -4.53. The van der Waals surface area contributed by atoms with Crippen LogP contribution in [0.2, 0.25) is 0 Å². The van der Waals surface area contributed by atoms with Gasteiger partial charge < -0.3 is 10.1 Å². The lowest BCUT2D eigenvalue weighted by molar-refractivity contribution is -0.137. The van der Waals surface area contributed by atoms with Crippen LogP contribution in [0.25, 0.3) is 0 Å². The fraction of sp³-hybridized carbons (Fsp3) is 0.200. The molecule has 0 saturated heterocycles. The smallest absolute Gasteiger partial charge is 0.416 e. The van der Waals surface area contributed by atoms with Gasteiger partial charge in [0.2, 0.25) is 0 Å². The molecule has 0 saturated carbocycles. The zero-order valence-electron chi connectivity index (χ0n) is 16.6. The van der Waals surface area contributed by atoms with E-state index in [2.05, 4.69) is 10.4 Å². The van der Waals surface area contributed by atoms with E-state index in [9.17, 15) is 26.4 Å². The maximum atomic E-state index is 13.3. The van der Waals surface area contributed by atoms with E-state index in [1.54, 1.807) is 7.05 Å². The summed E-state index contributed by atoms with van der Waals surface area (Å²) in [6.07, 6.45) is -1.66. The Kier molecular flexibility index (Phi) is 5.33. The molecule has 2 aromatic carbocycles. The number of aryl methyl sites for hydroxylation is 1. The third-order valence-corrected chi connectivity index (χ3v) is 6.62. The van der Waals surface area contributed by atoms with Gasteiger partial charge in [-0.3, -0.25) is 13.8 Å². The van der Waals surface area contributed by atoms with Crippen LogP contribution in [-0.2, 0) is 23.2 Å². The van der Waals surface area contributed by atoms with Crippen molar-refractivity contribution in [3.05, 3.63) is 66.0 Å². The molecular weight excluding hydrogens is 449 g/mol. The monoisotopic (exact) mass is 466 g/mol. The summed E-state index contributed by atoms with van der Waals surface area (Å²) in [7, 11) is -2.53. The number of alkyl halides is 3. The van der Waals surface area contributed by atoms with Crippen molar-refractivity contribution < 1.29 is 31.1 Å². The van der Waals surface area contributed by atoms with Gasteiger partial charge in [-0.15, -0.1) is 0 Å². The average molecular weight is 466 g/mol. The van der Waals surface area contributed by atoms with Crippen LogP contribution in [0.4, 0.5) is 24.5 Å². The topological polar surface area (TPSA) is 93.5 Å². The number of carbonyl (C=O) groups is 1. The number of carbonyl (C=O) groups excluding carboxylic acids is 1. The quantitative estimate of drug-likeness (QED) is 0.640. The fourth-order valence-electron chi connectivity index (χ4n) is 3.21. The third kappa shape index (κ3) is 4.13. The van der Waals surface area contributed by atoms with Crippen LogP contribution in [-0.4, -0.2) is 37.3 Å². The van der Waals surface area contributed by atoms with Crippen molar-refractivity contribution in [1.82, 2.24) is 9.78 Å². The summed E-state index contributed by atoms with van der Waals surface area (Å²) in [6, 6.07) is 8.00. The zero-order chi connectivity index (χ0) is 23.1. The van der Waals surface area contributed by atoms with E-state index in [0.29, 0.717) is 0 Å². The van der Waals surface area contributed by atoms with Crippen molar-refractivity contribution in [2.24, 2.45) is 7.05 Å². The molecule has 8 nitrogen and oxygen atoms in total. The second kappa shape index (κ2) is 7.86. The van der Waals surface area contributed by atoms with Crippen LogP contribution >= 0.6 is 0 Å². The molecule has 168 valence electrons. The highest BCUT2D eigenvalue weighted by molar-refractivity contribution is 7.93. The van der Waals surface area contributed by atoms with E-state index in [0.717, 1.165) is 28.6 Å². The van der Waals surface area contributed by atoms with E-state index in [4.69, 9.17) is 4.74 Å². The Balaban J connectivity index is 1.66. The number of anilines is 2. The van der Waals surface area contributed by atoms with Crippen LogP contribution in [0.3, 0.4) is 0 Å². The predicted molar refractivity (Wildman–Crippen MR) is 109 cm³/mol. The van der Waals surface area contributed by atoms with Crippen LogP contribution in [0, 0.1) is 0 Å². The Labute approximate surface area is 181 Å². The molecule has 1 aromatic heterocycles. The molecule has 0 fully saturated rings. The van der Waals surface area contributed by atoms with E-state index >= 15 is 0 Å². The van der Waals surface area contributed by atoms with Gasteiger partial charge in [-0.2, -0.15) is 18.3 Å². The van der Waals surface area contributed by atoms with Gasteiger partial charge in [-0.05, 0) is 42.5 Å². The van der Waals surface area contributed by atoms with Gasteiger partial charge in [0.15, 0.2) is 0 Å². The maximum Gasteiger partial charge on any atom is 0.416 e. The van der Waals surface area contributed by atoms with Crippen molar-refractivity contribution in [2.75, 3.05) is 22.8 Å². The van der Waals surface area contributed by atoms with Crippen molar-refractivity contribution in [3.63, 3.8) is 0 Å². The second-order valence-corrected chi connectivity index (χ2v) is 8.82. The summed E-state index contributed by atoms with van der Waals surface area (Å²) in [4.78, 5) is 12.2. The Bertz CT molecular complexity index is 1270. The Morgan fingerprint density at radius 1 is 1.16 bits per heavy atom. The van der Waals surface area contributed by atoms with Crippen molar-refractivity contribution in [1.29, 1.82) is 0 Å². The minimum Gasteiger partial charge on any atom is -0.490 e. The lowest BCUT2D eigenvalue weighted by Crippen LogP contribution is -2.32. The van der Waals surface area contributed by atoms with Gasteiger partial charge in [0.25, 0.3) is 15.9 Å². The normalized spacial score (nSPS) is 15.4. The Hall–Kier alpha value is -3.54. The number of nitrogens with one attached hydrogen (secondary N) is 1. The Morgan fingerprint density at radius 2 is 1.88 bits per heavy atom. The lowest BCUT2D eigenvalue weighted by Gasteiger charge is -2.22. The molecule has 1 aliphatic heterocycles. The van der Waals surface area contributed by atoms with Gasteiger partial charge in [0.1, 0.15) is 17.3 Å². The number of halogens is 3. The van der Waals surface area contributed by atoms with E-state index in [-0.39, 0.29) is 40.7 Å². The minimum absolute atomic E-state index is 0.00531. The first-order valence-corrected chi connectivity index (χ1v) is 10.8.